The first-order valence-electron chi connectivity index (χ1n) is 8.40. The number of carbonyl (C=O) groups is 4. The Balaban J connectivity index is 2.40. The number of rotatable bonds is 4. The lowest BCUT2D eigenvalue weighted by Gasteiger charge is -2.23. The smallest absolute Gasteiger partial charge is 0.414 e. The zero-order chi connectivity index (χ0) is 22.8. The number of Topliss-reactive ketones (excluding diaryl/α,β-unsaturated/α-hetero) is 1. The van der Waals surface area contributed by atoms with Crippen LogP contribution in [0.4, 0.5) is 4.79 Å². The van der Waals surface area contributed by atoms with E-state index in [1.807, 2.05) is 0 Å². The fourth-order valence-corrected chi connectivity index (χ4v) is 2.77. The molecule has 1 atom stereocenters. The van der Waals surface area contributed by atoms with Gasteiger partial charge in [-0.3, -0.25) is 19.7 Å². The minimum Gasteiger partial charge on any atom is -0.507 e. The van der Waals surface area contributed by atoms with Crippen molar-refractivity contribution >= 4 is 58.4 Å². The second kappa shape index (κ2) is 9.07. The molecule has 0 heterocycles. The molecule has 11 heteroatoms. The Morgan fingerprint density at radius 2 is 1.70 bits per heavy atom. The van der Waals surface area contributed by atoms with Crippen molar-refractivity contribution in [1.82, 2.24) is 5.32 Å². The van der Waals surface area contributed by atoms with Gasteiger partial charge in [0, 0.05) is 12.0 Å². The van der Waals surface area contributed by atoms with Gasteiger partial charge in [-0.1, -0.05) is 46.5 Å². The molecule has 0 aromatic heterocycles. The number of allylic oxidation sites excluding steroid dienone is 2. The Kier molecular flexibility index (Phi) is 7.18. The number of phenols is 2. The number of alkyl carbamates (subject to hydrolysis) is 1. The molecule has 2 rings (SSSR count). The van der Waals surface area contributed by atoms with Gasteiger partial charge in [0.25, 0.3) is 9.70 Å². The van der Waals surface area contributed by atoms with E-state index in [2.05, 4.69) is 0 Å². The highest BCUT2D eigenvalue weighted by atomic mass is 35.6. The first-order valence-corrected chi connectivity index (χ1v) is 9.54. The van der Waals surface area contributed by atoms with Crippen LogP contribution in [0.3, 0.4) is 0 Å². The number of ketones is 2. The standard InChI is InChI=1S/C19H16Cl3NO7/c1-8(2)3-6-13(30-18(29)23-17(28)19(20,21)22)9-7-12(26)14-10(24)4-5-11(25)15(14)16(9)27/h3-5,7,13,24-25H,6H2,1-2H3,(H,23,28,29)/t13-/m1/s1. The van der Waals surface area contributed by atoms with Crippen molar-refractivity contribution in [3.05, 3.63) is 46.6 Å². The van der Waals surface area contributed by atoms with Gasteiger partial charge < -0.3 is 14.9 Å². The van der Waals surface area contributed by atoms with Crippen LogP contribution in [0.25, 0.3) is 0 Å². The average Bonchev–Trinajstić information content (AvgIpc) is 2.62. The average molecular weight is 477 g/mol. The molecule has 0 saturated heterocycles. The van der Waals surface area contributed by atoms with E-state index in [-0.39, 0.29) is 17.6 Å². The summed E-state index contributed by atoms with van der Waals surface area (Å²) in [6.45, 7) is 3.51. The summed E-state index contributed by atoms with van der Waals surface area (Å²) >= 11 is 16.2. The summed E-state index contributed by atoms with van der Waals surface area (Å²) in [5, 5.41) is 21.7. The van der Waals surface area contributed by atoms with Crippen LogP contribution in [0.5, 0.6) is 11.5 Å². The highest BCUT2D eigenvalue weighted by Crippen LogP contribution is 2.36. The molecule has 1 aliphatic rings. The number of carbonyl (C=O) groups excluding carboxylic acids is 4. The number of nitrogens with one attached hydrogen (secondary N) is 1. The summed E-state index contributed by atoms with van der Waals surface area (Å²) in [5.41, 5.74) is -0.221. The van der Waals surface area contributed by atoms with Gasteiger partial charge >= 0.3 is 6.09 Å². The van der Waals surface area contributed by atoms with Crippen LogP contribution >= 0.6 is 34.8 Å². The topological polar surface area (TPSA) is 130 Å². The first kappa shape index (κ1) is 23.7. The molecule has 0 fully saturated rings. The van der Waals surface area contributed by atoms with E-state index in [9.17, 15) is 29.4 Å². The van der Waals surface area contributed by atoms with Crippen LogP contribution in [0, 0.1) is 0 Å². The normalized spacial score (nSPS) is 14.4. The molecule has 0 unspecified atom stereocenters. The van der Waals surface area contributed by atoms with E-state index in [4.69, 9.17) is 39.5 Å². The highest BCUT2D eigenvalue weighted by molar-refractivity contribution is 6.76. The quantitative estimate of drug-likeness (QED) is 0.343. The Morgan fingerprint density at radius 3 is 2.23 bits per heavy atom. The van der Waals surface area contributed by atoms with E-state index in [0.717, 1.165) is 23.8 Å². The van der Waals surface area contributed by atoms with E-state index in [0.29, 0.717) is 0 Å². The summed E-state index contributed by atoms with van der Waals surface area (Å²) in [6.07, 6.45) is -0.125. The highest BCUT2D eigenvalue weighted by Gasteiger charge is 2.37. The zero-order valence-electron chi connectivity index (χ0n) is 15.7. The van der Waals surface area contributed by atoms with Crippen LogP contribution in [-0.2, 0) is 9.53 Å². The summed E-state index contributed by atoms with van der Waals surface area (Å²) in [6, 6.07) is 2.13. The van der Waals surface area contributed by atoms with Gasteiger partial charge in [0.1, 0.15) is 17.6 Å². The SMILES string of the molecule is CC(C)=CC[C@@H](OC(=O)NC(=O)C(Cl)(Cl)Cl)C1=CC(=O)c2c(O)ccc(O)c2C1=O. The largest absolute Gasteiger partial charge is 0.507 e. The number of imide groups is 1. The lowest BCUT2D eigenvalue weighted by molar-refractivity contribution is -0.119. The number of aromatic hydroxyl groups is 2. The third kappa shape index (κ3) is 5.33. The summed E-state index contributed by atoms with van der Waals surface area (Å²) in [4.78, 5) is 49.1. The van der Waals surface area contributed by atoms with Crippen molar-refractivity contribution in [2.24, 2.45) is 0 Å². The van der Waals surface area contributed by atoms with Crippen molar-refractivity contribution in [3.63, 3.8) is 0 Å². The Labute approximate surface area is 186 Å². The number of halogens is 3. The zero-order valence-corrected chi connectivity index (χ0v) is 17.9. The Morgan fingerprint density at radius 1 is 1.13 bits per heavy atom. The van der Waals surface area contributed by atoms with Gasteiger partial charge in [0.2, 0.25) is 0 Å². The van der Waals surface area contributed by atoms with Crippen LogP contribution in [0.15, 0.2) is 35.4 Å². The van der Waals surface area contributed by atoms with Gasteiger partial charge in [-0.15, -0.1) is 0 Å². The van der Waals surface area contributed by atoms with E-state index >= 15 is 0 Å². The second-order valence-electron chi connectivity index (χ2n) is 6.51. The summed E-state index contributed by atoms with van der Waals surface area (Å²) in [7, 11) is 0. The molecular weight excluding hydrogens is 461 g/mol. The van der Waals surface area contributed by atoms with Crippen molar-refractivity contribution in [3.8, 4) is 11.5 Å². The van der Waals surface area contributed by atoms with Crippen molar-refractivity contribution in [1.29, 1.82) is 0 Å². The molecule has 1 aromatic carbocycles. The van der Waals surface area contributed by atoms with Crippen LogP contribution in [0.2, 0.25) is 0 Å². The van der Waals surface area contributed by atoms with Gasteiger partial charge in [-0.2, -0.15) is 0 Å². The van der Waals surface area contributed by atoms with Crippen LogP contribution in [-0.4, -0.2) is 43.7 Å². The molecule has 1 aliphatic carbocycles. The van der Waals surface area contributed by atoms with Crippen LogP contribution < -0.4 is 5.32 Å². The molecule has 0 aliphatic heterocycles. The molecular formula is C19H16Cl3NO7. The fraction of sp³-hybridized carbons (Fsp3) is 0.263. The van der Waals surface area contributed by atoms with Crippen molar-refractivity contribution in [2.75, 3.05) is 0 Å². The third-order valence-corrected chi connectivity index (χ3v) is 4.51. The first-order chi connectivity index (χ1) is 13.8. The number of ether oxygens (including phenoxy) is 1. The van der Waals surface area contributed by atoms with Gasteiger partial charge in [-0.25, -0.2) is 4.79 Å². The molecule has 3 N–H and O–H groups in total. The minimum absolute atomic E-state index is 0.0303. The predicted molar refractivity (Wildman–Crippen MR) is 109 cm³/mol. The molecule has 160 valence electrons. The van der Waals surface area contributed by atoms with E-state index in [1.54, 1.807) is 25.2 Å². The second-order valence-corrected chi connectivity index (χ2v) is 8.79. The number of fused-ring (bicyclic) bond motifs is 1. The molecule has 30 heavy (non-hydrogen) atoms. The molecule has 0 radical (unpaired) electrons. The lowest BCUT2D eigenvalue weighted by Crippen LogP contribution is -2.41. The molecule has 0 bridgehead atoms. The van der Waals surface area contributed by atoms with Crippen molar-refractivity contribution < 1.29 is 34.1 Å². The molecule has 2 amide bonds. The maximum Gasteiger partial charge on any atom is 0.414 e. The number of hydrogen-bond acceptors (Lipinski definition) is 7. The van der Waals surface area contributed by atoms with Gasteiger partial charge in [0.15, 0.2) is 11.6 Å². The predicted octanol–water partition coefficient (Wildman–Crippen LogP) is 3.75. The summed E-state index contributed by atoms with van der Waals surface area (Å²) in [5.74, 6) is -3.87. The van der Waals surface area contributed by atoms with Crippen LogP contribution in [0.1, 0.15) is 41.0 Å². The molecule has 0 saturated carbocycles. The molecule has 0 spiro atoms. The monoisotopic (exact) mass is 475 g/mol. The van der Waals surface area contributed by atoms with E-state index in [1.165, 1.54) is 0 Å². The number of hydrogen-bond donors (Lipinski definition) is 3. The van der Waals surface area contributed by atoms with Gasteiger partial charge in [-0.05, 0) is 32.1 Å². The third-order valence-electron chi connectivity index (χ3n) is 3.99. The minimum atomic E-state index is -2.42. The number of amides is 2. The summed E-state index contributed by atoms with van der Waals surface area (Å²) < 4.78 is 2.71. The number of alkyl halides is 3. The van der Waals surface area contributed by atoms with E-state index < -0.39 is 50.5 Å². The molecule has 8 nitrogen and oxygen atoms in total. The number of benzene rings is 1. The maximum absolute atomic E-state index is 12.9. The maximum atomic E-state index is 12.9. The fourth-order valence-electron chi connectivity index (χ4n) is 2.63. The number of phenolic OH excluding ortho intramolecular Hbond substituents is 2. The molecule has 1 aromatic rings. The Bertz CT molecular complexity index is 989. The Hall–Kier alpha value is -2.55. The lowest BCUT2D eigenvalue weighted by atomic mass is 9.85. The van der Waals surface area contributed by atoms with Gasteiger partial charge in [0.05, 0.1) is 11.1 Å². The van der Waals surface area contributed by atoms with Crippen molar-refractivity contribution in [2.45, 2.75) is 30.2 Å².